The highest BCUT2D eigenvalue weighted by Gasteiger charge is 2.24. The summed E-state index contributed by atoms with van der Waals surface area (Å²) in [6, 6.07) is 1.98. The number of thiazole rings is 1. The van der Waals surface area contributed by atoms with Crippen molar-refractivity contribution in [2.75, 3.05) is 12.3 Å². The van der Waals surface area contributed by atoms with Crippen LogP contribution in [0, 0.1) is 6.92 Å². The van der Waals surface area contributed by atoms with Gasteiger partial charge in [-0.25, -0.2) is 4.98 Å². The van der Waals surface area contributed by atoms with Crippen molar-refractivity contribution < 1.29 is 9.47 Å². The summed E-state index contributed by atoms with van der Waals surface area (Å²) in [6.45, 7) is 4.70. The van der Waals surface area contributed by atoms with Crippen molar-refractivity contribution >= 4 is 26.7 Å². The Bertz CT molecular complexity index is 579. The van der Waals surface area contributed by atoms with Crippen LogP contribution in [0.2, 0.25) is 0 Å². The van der Waals surface area contributed by atoms with E-state index in [-0.39, 0.29) is 6.10 Å². The lowest BCUT2D eigenvalue weighted by atomic mass is 10.1. The highest BCUT2D eigenvalue weighted by molar-refractivity contribution is 7.22. The van der Waals surface area contributed by atoms with Crippen molar-refractivity contribution in [3.8, 4) is 11.5 Å². The van der Waals surface area contributed by atoms with Gasteiger partial charge in [0.2, 0.25) is 0 Å². The highest BCUT2D eigenvalue weighted by atomic mass is 32.1. The summed E-state index contributed by atoms with van der Waals surface area (Å²) in [5.41, 5.74) is 7.75. The second kappa shape index (κ2) is 3.77. The third-order valence-corrected chi connectivity index (χ3v) is 3.84. The van der Waals surface area contributed by atoms with Crippen molar-refractivity contribution in [1.82, 2.24) is 4.98 Å². The third kappa shape index (κ3) is 1.61. The number of hydrogen-bond acceptors (Lipinski definition) is 5. The van der Waals surface area contributed by atoms with E-state index in [0.717, 1.165) is 33.7 Å². The van der Waals surface area contributed by atoms with E-state index in [1.807, 2.05) is 13.0 Å². The fourth-order valence-corrected chi connectivity index (χ4v) is 2.92. The maximum absolute atomic E-state index is 5.89. The molecule has 2 N–H and O–H groups in total. The van der Waals surface area contributed by atoms with E-state index in [4.69, 9.17) is 15.2 Å². The Hall–Kier alpha value is -1.49. The number of benzene rings is 1. The van der Waals surface area contributed by atoms with Crippen LogP contribution in [0.15, 0.2) is 6.07 Å². The van der Waals surface area contributed by atoms with Gasteiger partial charge < -0.3 is 15.2 Å². The first-order chi connectivity index (χ1) is 8.19. The lowest BCUT2D eigenvalue weighted by Crippen LogP contribution is -2.28. The monoisotopic (exact) mass is 250 g/mol. The van der Waals surface area contributed by atoms with Crippen molar-refractivity contribution in [2.45, 2.75) is 26.4 Å². The zero-order chi connectivity index (χ0) is 12.0. The molecule has 17 heavy (non-hydrogen) atoms. The van der Waals surface area contributed by atoms with Crippen LogP contribution >= 0.6 is 11.3 Å². The fourth-order valence-electron chi connectivity index (χ4n) is 2.02. The van der Waals surface area contributed by atoms with Crippen LogP contribution in [0.3, 0.4) is 0 Å². The van der Waals surface area contributed by atoms with Crippen LogP contribution in [0.25, 0.3) is 10.2 Å². The predicted molar refractivity (Wildman–Crippen MR) is 69.0 cm³/mol. The molecule has 1 aliphatic rings. The van der Waals surface area contributed by atoms with Crippen LogP contribution in [0.4, 0.5) is 5.13 Å². The molecule has 4 nitrogen and oxygen atoms in total. The number of aryl methyl sites for hydroxylation is 1. The molecule has 1 aromatic heterocycles. The third-order valence-electron chi connectivity index (χ3n) is 2.96. The number of aromatic nitrogens is 1. The maximum Gasteiger partial charge on any atom is 0.181 e. The summed E-state index contributed by atoms with van der Waals surface area (Å²) >= 11 is 1.45. The SMILES string of the molecule is CC[C@H]1COc2c(cc(C)c3nc(N)sc23)O1. The topological polar surface area (TPSA) is 57.4 Å². The van der Waals surface area contributed by atoms with Gasteiger partial charge in [-0.1, -0.05) is 18.3 Å². The molecular weight excluding hydrogens is 236 g/mol. The molecule has 0 saturated heterocycles. The summed E-state index contributed by atoms with van der Waals surface area (Å²) in [5.74, 6) is 1.61. The molecule has 1 aromatic carbocycles. The Morgan fingerprint density at radius 2 is 2.41 bits per heavy atom. The molecule has 0 saturated carbocycles. The van der Waals surface area contributed by atoms with Crippen LogP contribution in [-0.2, 0) is 0 Å². The normalized spacial score (nSPS) is 18.6. The summed E-state index contributed by atoms with van der Waals surface area (Å²) < 4.78 is 12.7. The molecule has 0 aliphatic carbocycles. The Morgan fingerprint density at radius 3 is 3.18 bits per heavy atom. The van der Waals surface area contributed by atoms with E-state index >= 15 is 0 Å². The number of rotatable bonds is 1. The molecule has 0 spiro atoms. The Balaban J connectivity index is 2.20. The molecule has 1 atom stereocenters. The van der Waals surface area contributed by atoms with Crippen LogP contribution in [-0.4, -0.2) is 17.7 Å². The molecule has 1 aliphatic heterocycles. The quantitative estimate of drug-likeness (QED) is 0.845. The van der Waals surface area contributed by atoms with Gasteiger partial charge in [0.25, 0.3) is 0 Å². The number of ether oxygens (including phenoxy) is 2. The zero-order valence-corrected chi connectivity index (χ0v) is 10.6. The van der Waals surface area contributed by atoms with E-state index in [9.17, 15) is 0 Å². The molecule has 90 valence electrons. The first-order valence-corrected chi connectivity index (χ1v) is 6.49. The molecule has 0 fully saturated rings. The molecule has 2 aromatic rings. The summed E-state index contributed by atoms with van der Waals surface area (Å²) in [6.07, 6.45) is 1.09. The fraction of sp³-hybridized carbons (Fsp3) is 0.417. The lowest BCUT2D eigenvalue weighted by Gasteiger charge is -2.26. The second-order valence-electron chi connectivity index (χ2n) is 4.21. The Labute approximate surface area is 103 Å². The number of fused-ring (bicyclic) bond motifs is 3. The molecule has 0 unspecified atom stereocenters. The van der Waals surface area contributed by atoms with Crippen molar-refractivity contribution in [1.29, 1.82) is 0 Å². The molecular formula is C12H14N2O2S. The summed E-state index contributed by atoms with van der Waals surface area (Å²) in [7, 11) is 0. The number of anilines is 1. The lowest BCUT2D eigenvalue weighted by molar-refractivity contribution is 0.0902. The number of nitrogens with zero attached hydrogens (tertiary/aromatic N) is 1. The average molecular weight is 250 g/mol. The van der Waals surface area contributed by atoms with E-state index < -0.39 is 0 Å². The van der Waals surface area contributed by atoms with E-state index in [1.54, 1.807) is 0 Å². The van der Waals surface area contributed by atoms with Crippen molar-refractivity contribution in [2.24, 2.45) is 0 Å². The minimum absolute atomic E-state index is 0.143. The van der Waals surface area contributed by atoms with E-state index in [1.165, 1.54) is 11.3 Å². The van der Waals surface area contributed by atoms with Gasteiger partial charge in [-0.05, 0) is 25.0 Å². The highest BCUT2D eigenvalue weighted by Crippen LogP contribution is 2.43. The van der Waals surface area contributed by atoms with Gasteiger partial charge in [-0.3, -0.25) is 0 Å². The number of nitrogen functional groups attached to an aromatic ring is 1. The van der Waals surface area contributed by atoms with Crippen molar-refractivity contribution in [3.05, 3.63) is 11.6 Å². The first kappa shape index (κ1) is 10.7. The van der Waals surface area contributed by atoms with E-state index in [2.05, 4.69) is 11.9 Å². The summed E-state index contributed by atoms with van der Waals surface area (Å²) in [4.78, 5) is 4.32. The van der Waals surface area contributed by atoms with Crippen LogP contribution in [0.1, 0.15) is 18.9 Å². The van der Waals surface area contributed by atoms with Crippen molar-refractivity contribution in [3.63, 3.8) is 0 Å². The smallest absolute Gasteiger partial charge is 0.181 e. The average Bonchev–Trinajstić information content (AvgIpc) is 2.71. The number of hydrogen-bond donors (Lipinski definition) is 1. The minimum atomic E-state index is 0.143. The molecule has 0 radical (unpaired) electrons. The van der Waals surface area contributed by atoms with Crippen LogP contribution < -0.4 is 15.2 Å². The minimum Gasteiger partial charge on any atom is -0.484 e. The summed E-state index contributed by atoms with van der Waals surface area (Å²) in [5, 5.41) is 0.567. The second-order valence-corrected chi connectivity index (χ2v) is 5.24. The van der Waals surface area contributed by atoms with Gasteiger partial charge in [0.05, 0.1) is 5.52 Å². The standard InChI is InChI=1S/C12H14N2O2S/c1-3-7-5-15-10-8(16-7)4-6(2)9-11(10)17-12(13)14-9/h4,7H,3,5H2,1-2H3,(H2,13,14)/t7-/m0/s1. The molecule has 2 heterocycles. The first-order valence-electron chi connectivity index (χ1n) is 5.68. The van der Waals surface area contributed by atoms with Gasteiger partial charge in [0.1, 0.15) is 17.4 Å². The van der Waals surface area contributed by atoms with E-state index in [0.29, 0.717) is 11.7 Å². The maximum atomic E-state index is 5.89. The predicted octanol–water partition coefficient (Wildman–Crippen LogP) is 2.74. The largest absolute Gasteiger partial charge is 0.484 e. The van der Waals surface area contributed by atoms with Gasteiger partial charge in [0, 0.05) is 0 Å². The Kier molecular flexibility index (Phi) is 2.36. The van der Waals surface area contributed by atoms with Crippen LogP contribution in [0.5, 0.6) is 11.5 Å². The molecule has 3 rings (SSSR count). The molecule has 5 heteroatoms. The van der Waals surface area contributed by atoms with Gasteiger partial charge in [-0.2, -0.15) is 0 Å². The molecule has 0 bridgehead atoms. The Morgan fingerprint density at radius 1 is 1.59 bits per heavy atom. The van der Waals surface area contributed by atoms with Gasteiger partial charge in [-0.15, -0.1) is 0 Å². The number of nitrogens with two attached hydrogens (primary N) is 1. The molecule has 0 amide bonds. The van der Waals surface area contributed by atoms with Gasteiger partial charge >= 0.3 is 0 Å². The zero-order valence-electron chi connectivity index (χ0n) is 9.82. The van der Waals surface area contributed by atoms with Gasteiger partial charge in [0.15, 0.2) is 16.6 Å².